The molecule has 116 valence electrons. The zero-order valence-electron chi connectivity index (χ0n) is 11.2. The number of carbonyl (C=O) groups is 1. The number of alkyl halides is 3. The number of carbonyl (C=O) groups excluding carboxylic acids is 1. The van der Waals surface area contributed by atoms with Crippen LogP contribution in [0.25, 0.3) is 0 Å². The third-order valence-electron chi connectivity index (χ3n) is 2.81. The van der Waals surface area contributed by atoms with Gasteiger partial charge < -0.3 is 10.6 Å². The first-order valence-corrected chi connectivity index (χ1v) is 6.69. The molecule has 2 amide bonds. The lowest BCUT2D eigenvalue weighted by atomic mass is 10.2. The molecule has 0 fully saturated rings. The fourth-order valence-electron chi connectivity index (χ4n) is 1.73. The Morgan fingerprint density at radius 1 is 1.09 bits per heavy atom. The van der Waals surface area contributed by atoms with E-state index in [-0.39, 0.29) is 12.2 Å². The molecule has 0 heterocycles. The van der Waals surface area contributed by atoms with E-state index in [2.05, 4.69) is 10.6 Å². The summed E-state index contributed by atoms with van der Waals surface area (Å²) in [5, 5.41) is 5.49. The van der Waals surface area contributed by atoms with E-state index in [4.69, 9.17) is 11.6 Å². The molecule has 0 bridgehead atoms. The number of halogens is 4. The van der Waals surface area contributed by atoms with Crippen molar-refractivity contribution in [1.82, 2.24) is 5.32 Å². The molecule has 2 aromatic rings. The van der Waals surface area contributed by atoms with Crippen molar-refractivity contribution in [1.29, 1.82) is 0 Å². The number of hydrogen-bond acceptors (Lipinski definition) is 1. The predicted octanol–water partition coefficient (Wildman–Crippen LogP) is 4.68. The molecule has 7 heteroatoms. The molecule has 0 atom stereocenters. The number of nitrogens with one attached hydrogen (secondary N) is 2. The van der Waals surface area contributed by atoms with E-state index < -0.39 is 17.8 Å². The number of amides is 2. The molecule has 2 aromatic carbocycles. The second-order valence-corrected chi connectivity index (χ2v) is 4.95. The van der Waals surface area contributed by atoms with Gasteiger partial charge >= 0.3 is 12.2 Å². The molecular weight excluding hydrogens is 317 g/mol. The van der Waals surface area contributed by atoms with Crippen molar-refractivity contribution in [2.24, 2.45) is 0 Å². The van der Waals surface area contributed by atoms with Gasteiger partial charge in [-0.25, -0.2) is 4.79 Å². The lowest BCUT2D eigenvalue weighted by Gasteiger charge is -2.11. The first-order chi connectivity index (χ1) is 10.3. The molecule has 22 heavy (non-hydrogen) atoms. The largest absolute Gasteiger partial charge is 0.416 e. The highest BCUT2D eigenvalue weighted by Gasteiger charge is 2.30. The van der Waals surface area contributed by atoms with Gasteiger partial charge in [-0.05, 0) is 35.9 Å². The highest BCUT2D eigenvalue weighted by atomic mass is 35.5. The number of rotatable bonds is 3. The maximum Gasteiger partial charge on any atom is 0.416 e. The van der Waals surface area contributed by atoms with E-state index in [9.17, 15) is 18.0 Å². The fourth-order valence-corrected chi connectivity index (χ4v) is 1.86. The van der Waals surface area contributed by atoms with Gasteiger partial charge in [-0.2, -0.15) is 13.2 Å². The van der Waals surface area contributed by atoms with Gasteiger partial charge in [0, 0.05) is 17.3 Å². The van der Waals surface area contributed by atoms with Gasteiger partial charge in [-0.1, -0.05) is 29.8 Å². The van der Waals surface area contributed by atoms with Crippen molar-refractivity contribution < 1.29 is 18.0 Å². The van der Waals surface area contributed by atoms with Crippen LogP contribution in [0.2, 0.25) is 5.02 Å². The van der Waals surface area contributed by atoms with Crippen molar-refractivity contribution in [3.8, 4) is 0 Å². The Kier molecular flexibility index (Phi) is 4.92. The second kappa shape index (κ2) is 6.70. The Morgan fingerprint density at radius 2 is 1.77 bits per heavy atom. The number of urea groups is 1. The minimum absolute atomic E-state index is 0.0726. The molecule has 0 aromatic heterocycles. The van der Waals surface area contributed by atoms with Gasteiger partial charge in [0.05, 0.1) is 5.56 Å². The molecule has 0 aliphatic carbocycles. The van der Waals surface area contributed by atoms with Gasteiger partial charge in [0.1, 0.15) is 0 Å². The standard InChI is InChI=1S/C15H12ClF3N2O/c16-12-6-4-10(5-7-12)9-20-14(22)21-13-3-1-2-11(8-13)15(17,18)19/h1-8H,9H2,(H2,20,21,22). The van der Waals surface area contributed by atoms with Crippen LogP contribution in [0.15, 0.2) is 48.5 Å². The third-order valence-corrected chi connectivity index (χ3v) is 3.07. The molecule has 0 radical (unpaired) electrons. The van der Waals surface area contributed by atoms with Crippen LogP contribution in [0.4, 0.5) is 23.7 Å². The molecule has 0 unspecified atom stereocenters. The number of anilines is 1. The molecule has 0 aliphatic heterocycles. The minimum Gasteiger partial charge on any atom is -0.334 e. The van der Waals surface area contributed by atoms with Crippen LogP contribution in [-0.2, 0) is 12.7 Å². The molecule has 0 saturated carbocycles. The lowest BCUT2D eigenvalue weighted by Crippen LogP contribution is -2.28. The summed E-state index contributed by atoms with van der Waals surface area (Å²) in [6.07, 6.45) is -4.45. The van der Waals surface area contributed by atoms with Gasteiger partial charge in [-0.3, -0.25) is 0 Å². The monoisotopic (exact) mass is 328 g/mol. The van der Waals surface area contributed by atoms with E-state index in [1.165, 1.54) is 12.1 Å². The fraction of sp³-hybridized carbons (Fsp3) is 0.133. The van der Waals surface area contributed by atoms with Crippen LogP contribution in [0.5, 0.6) is 0 Å². The van der Waals surface area contributed by atoms with E-state index >= 15 is 0 Å². The van der Waals surface area contributed by atoms with E-state index in [0.29, 0.717) is 5.02 Å². The SMILES string of the molecule is O=C(NCc1ccc(Cl)cc1)Nc1cccc(C(F)(F)F)c1. The first-order valence-electron chi connectivity index (χ1n) is 6.31. The van der Waals surface area contributed by atoms with Crippen LogP contribution in [0.3, 0.4) is 0 Å². The molecule has 2 N–H and O–H groups in total. The Balaban J connectivity index is 1.93. The molecule has 0 aliphatic rings. The Labute approximate surface area is 130 Å². The summed E-state index contributed by atoms with van der Waals surface area (Å²) in [7, 11) is 0. The van der Waals surface area contributed by atoms with Crippen LogP contribution < -0.4 is 10.6 Å². The van der Waals surface area contributed by atoms with Crippen LogP contribution in [-0.4, -0.2) is 6.03 Å². The maximum atomic E-state index is 12.6. The normalized spacial score (nSPS) is 11.1. The third kappa shape index (κ3) is 4.66. The van der Waals surface area contributed by atoms with E-state index in [0.717, 1.165) is 17.7 Å². The Bertz CT molecular complexity index is 657. The summed E-state index contributed by atoms with van der Waals surface area (Å²) in [6, 6.07) is 10.7. The van der Waals surface area contributed by atoms with Crippen LogP contribution in [0, 0.1) is 0 Å². The summed E-state index contributed by atoms with van der Waals surface area (Å²) >= 11 is 5.74. The average Bonchev–Trinajstić information content (AvgIpc) is 2.46. The van der Waals surface area contributed by atoms with Crippen molar-refractivity contribution in [2.75, 3.05) is 5.32 Å². The summed E-state index contributed by atoms with van der Waals surface area (Å²) in [5.41, 5.74) is 0.0787. The highest BCUT2D eigenvalue weighted by molar-refractivity contribution is 6.30. The summed E-state index contributed by atoms with van der Waals surface area (Å²) in [6.45, 7) is 0.238. The summed E-state index contributed by atoms with van der Waals surface area (Å²) < 4.78 is 37.7. The topological polar surface area (TPSA) is 41.1 Å². The maximum absolute atomic E-state index is 12.6. The van der Waals surface area contributed by atoms with Gasteiger partial charge in [0.15, 0.2) is 0 Å². The van der Waals surface area contributed by atoms with Crippen molar-refractivity contribution in [3.63, 3.8) is 0 Å². The molecule has 3 nitrogen and oxygen atoms in total. The van der Waals surface area contributed by atoms with E-state index in [1.807, 2.05) is 0 Å². The quantitative estimate of drug-likeness (QED) is 0.844. The van der Waals surface area contributed by atoms with Crippen molar-refractivity contribution >= 4 is 23.3 Å². The molecule has 2 rings (SSSR count). The van der Waals surface area contributed by atoms with Gasteiger partial charge in [-0.15, -0.1) is 0 Å². The zero-order chi connectivity index (χ0) is 16.2. The highest BCUT2D eigenvalue weighted by Crippen LogP contribution is 2.30. The van der Waals surface area contributed by atoms with Crippen LogP contribution >= 0.6 is 11.6 Å². The smallest absolute Gasteiger partial charge is 0.334 e. The van der Waals surface area contributed by atoms with Gasteiger partial charge in [0.25, 0.3) is 0 Å². The van der Waals surface area contributed by atoms with E-state index in [1.54, 1.807) is 24.3 Å². The molecule has 0 saturated heterocycles. The average molecular weight is 329 g/mol. The number of hydrogen-bond donors (Lipinski definition) is 2. The first kappa shape index (κ1) is 16.2. The van der Waals surface area contributed by atoms with Crippen LogP contribution in [0.1, 0.15) is 11.1 Å². The second-order valence-electron chi connectivity index (χ2n) is 4.51. The van der Waals surface area contributed by atoms with Gasteiger partial charge in [0.2, 0.25) is 0 Å². The Hall–Kier alpha value is -2.21. The summed E-state index contributed by atoms with van der Waals surface area (Å²) in [4.78, 5) is 11.7. The van der Waals surface area contributed by atoms with Crippen molar-refractivity contribution in [2.45, 2.75) is 12.7 Å². The predicted molar refractivity (Wildman–Crippen MR) is 78.8 cm³/mol. The zero-order valence-corrected chi connectivity index (χ0v) is 12.0. The summed E-state index contributed by atoms with van der Waals surface area (Å²) in [5.74, 6) is 0. The molecule has 0 spiro atoms. The van der Waals surface area contributed by atoms with Crippen molar-refractivity contribution in [3.05, 3.63) is 64.7 Å². The molecular formula is C15H12ClF3N2O. The number of benzene rings is 2. The minimum atomic E-state index is -4.45. The Morgan fingerprint density at radius 3 is 2.41 bits per heavy atom. The lowest BCUT2D eigenvalue weighted by molar-refractivity contribution is -0.137.